The average Bonchev–Trinajstić information content (AvgIpc) is 3.55. The highest BCUT2D eigenvalue weighted by Gasteiger charge is 2.21. The van der Waals surface area contributed by atoms with Crippen molar-refractivity contribution in [2.45, 2.75) is 0 Å². The lowest BCUT2D eigenvalue weighted by atomic mass is 10.1. The highest BCUT2D eigenvalue weighted by atomic mass is 32.1. The Hall–Kier alpha value is -5.06. The number of benzene rings is 6. The summed E-state index contributed by atoms with van der Waals surface area (Å²) in [7, 11) is 0. The van der Waals surface area contributed by atoms with Crippen molar-refractivity contribution >= 4 is 75.1 Å². The van der Waals surface area contributed by atoms with Gasteiger partial charge in [-0.2, -0.15) is 0 Å². The van der Waals surface area contributed by atoms with E-state index in [-0.39, 0.29) is 0 Å². The van der Waals surface area contributed by atoms with Gasteiger partial charge in [0, 0.05) is 36.5 Å². The van der Waals surface area contributed by atoms with Gasteiger partial charge in [0.25, 0.3) is 0 Å². The predicted molar refractivity (Wildman–Crippen MR) is 170 cm³/mol. The molecule has 0 N–H and O–H groups in total. The molecule has 0 amide bonds. The van der Waals surface area contributed by atoms with Gasteiger partial charge in [0.15, 0.2) is 5.82 Å². The third-order valence-electron chi connectivity index (χ3n) is 7.96. The van der Waals surface area contributed by atoms with E-state index in [1.807, 2.05) is 23.5 Å². The molecular formula is C36H21N3S. The molecule has 0 unspecified atom stereocenters. The van der Waals surface area contributed by atoms with Crippen LogP contribution >= 0.6 is 11.3 Å². The topological polar surface area (TPSA) is 30.7 Å². The maximum atomic E-state index is 5.34. The molecule has 186 valence electrons. The lowest BCUT2D eigenvalue weighted by Crippen LogP contribution is -2.03. The van der Waals surface area contributed by atoms with E-state index < -0.39 is 0 Å². The van der Waals surface area contributed by atoms with Crippen LogP contribution in [0.25, 0.3) is 80.9 Å². The molecule has 0 aliphatic rings. The van der Waals surface area contributed by atoms with Gasteiger partial charge in [0.05, 0.1) is 22.1 Å². The first-order valence-electron chi connectivity index (χ1n) is 13.4. The molecule has 0 saturated carbocycles. The van der Waals surface area contributed by atoms with Crippen molar-refractivity contribution in [3.8, 4) is 17.1 Å². The SMILES string of the molecule is c1ccc2cc3c(cc2c1)c1ccccc1n3-c1nc2ccccc2nc1-c1cccc2c1sc1ccccc12. The maximum absolute atomic E-state index is 5.34. The van der Waals surface area contributed by atoms with Crippen molar-refractivity contribution in [2.75, 3.05) is 0 Å². The first-order chi connectivity index (χ1) is 19.8. The zero-order valence-corrected chi connectivity index (χ0v) is 22.2. The van der Waals surface area contributed by atoms with Gasteiger partial charge in [0.2, 0.25) is 0 Å². The third kappa shape index (κ3) is 3.05. The van der Waals surface area contributed by atoms with Crippen LogP contribution in [0.15, 0.2) is 127 Å². The van der Waals surface area contributed by atoms with E-state index in [9.17, 15) is 0 Å². The summed E-state index contributed by atoms with van der Waals surface area (Å²) < 4.78 is 4.84. The third-order valence-corrected chi connectivity index (χ3v) is 9.18. The number of thiophene rings is 1. The highest BCUT2D eigenvalue weighted by Crippen LogP contribution is 2.42. The summed E-state index contributed by atoms with van der Waals surface area (Å²) >= 11 is 1.83. The van der Waals surface area contributed by atoms with Gasteiger partial charge in [-0.3, -0.25) is 4.57 Å². The summed E-state index contributed by atoms with van der Waals surface area (Å²) in [6, 6.07) is 45.2. The van der Waals surface area contributed by atoms with Crippen LogP contribution in [-0.2, 0) is 0 Å². The fraction of sp³-hybridized carbons (Fsp3) is 0. The van der Waals surface area contributed by atoms with Crippen molar-refractivity contribution in [3.63, 3.8) is 0 Å². The summed E-state index contributed by atoms with van der Waals surface area (Å²) in [6.07, 6.45) is 0. The number of fused-ring (bicyclic) bond motifs is 8. The van der Waals surface area contributed by atoms with Gasteiger partial charge < -0.3 is 0 Å². The first kappa shape index (κ1) is 21.8. The van der Waals surface area contributed by atoms with E-state index in [0.717, 1.165) is 39.1 Å². The largest absolute Gasteiger partial charge is 0.292 e. The Bertz CT molecular complexity index is 2450. The number of para-hydroxylation sites is 3. The van der Waals surface area contributed by atoms with E-state index in [4.69, 9.17) is 9.97 Å². The molecule has 40 heavy (non-hydrogen) atoms. The second-order valence-electron chi connectivity index (χ2n) is 10.2. The number of hydrogen-bond acceptors (Lipinski definition) is 3. The summed E-state index contributed by atoms with van der Waals surface area (Å²) in [6.45, 7) is 0. The lowest BCUT2D eigenvalue weighted by molar-refractivity contribution is 1.08. The Morgan fingerprint density at radius 3 is 2.05 bits per heavy atom. The summed E-state index contributed by atoms with van der Waals surface area (Å²) in [5, 5.41) is 7.41. The molecule has 3 heterocycles. The van der Waals surface area contributed by atoms with E-state index in [0.29, 0.717) is 0 Å². The molecule has 3 aromatic heterocycles. The summed E-state index contributed by atoms with van der Waals surface area (Å²) in [4.78, 5) is 10.7. The van der Waals surface area contributed by atoms with Crippen molar-refractivity contribution in [2.24, 2.45) is 0 Å². The Balaban J connectivity index is 1.46. The van der Waals surface area contributed by atoms with Gasteiger partial charge in [-0.1, -0.05) is 91.0 Å². The van der Waals surface area contributed by atoms with Crippen LogP contribution in [0.1, 0.15) is 0 Å². The number of nitrogens with zero attached hydrogens (tertiary/aromatic N) is 3. The molecule has 0 radical (unpaired) electrons. The molecule has 0 bridgehead atoms. The zero-order valence-electron chi connectivity index (χ0n) is 21.4. The minimum Gasteiger partial charge on any atom is -0.292 e. The van der Waals surface area contributed by atoms with Crippen LogP contribution in [0, 0.1) is 0 Å². The van der Waals surface area contributed by atoms with E-state index in [1.54, 1.807) is 0 Å². The monoisotopic (exact) mass is 527 g/mol. The maximum Gasteiger partial charge on any atom is 0.165 e. The fourth-order valence-corrected chi connectivity index (χ4v) is 7.36. The van der Waals surface area contributed by atoms with Gasteiger partial charge in [-0.15, -0.1) is 11.3 Å². The molecule has 9 aromatic rings. The van der Waals surface area contributed by atoms with Crippen LogP contribution in [0.4, 0.5) is 0 Å². The molecule has 0 atom stereocenters. The number of rotatable bonds is 2. The quantitative estimate of drug-likeness (QED) is 0.224. The van der Waals surface area contributed by atoms with Crippen LogP contribution in [-0.4, -0.2) is 14.5 Å². The van der Waals surface area contributed by atoms with Crippen LogP contribution < -0.4 is 0 Å². The minimum absolute atomic E-state index is 0.852. The molecule has 9 rings (SSSR count). The van der Waals surface area contributed by atoms with Gasteiger partial charge in [0.1, 0.15) is 5.69 Å². The Morgan fingerprint density at radius 1 is 0.500 bits per heavy atom. The normalized spacial score (nSPS) is 12.0. The van der Waals surface area contributed by atoms with Gasteiger partial charge >= 0.3 is 0 Å². The van der Waals surface area contributed by atoms with Crippen molar-refractivity contribution in [3.05, 3.63) is 127 Å². The van der Waals surface area contributed by atoms with Crippen LogP contribution in [0.2, 0.25) is 0 Å². The molecule has 6 aromatic carbocycles. The lowest BCUT2D eigenvalue weighted by Gasteiger charge is -2.14. The second-order valence-corrected chi connectivity index (χ2v) is 11.3. The van der Waals surface area contributed by atoms with Crippen LogP contribution in [0.3, 0.4) is 0 Å². The second kappa shape index (κ2) is 8.22. The van der Waals surface area contributed by atoms with Crippen LogP contribution in [0.5, 0.6) is 0 Å². The number of aromatic nitrogens is 3. The smallest absolute Gasteiger partial charge is 0.165 e. The predicted octanol–water partition coefficient (Wildman–Crippen LogP) is 9.91. The molecule has 0 aliphatic carbocycles. The highest BCUT2D eigenvalue weighted by molar-refractivity contribution is 7.26. The van der Waals surface area contributed by atoms with E-state index in [1.165, 1.54) is 41.7 Å². The molecule has 0 fully saturated rings. The van der Waals surface area contributed by atoms with E-state index in [2.05, 4.69) is 120 Å². The molecule has 0 spiro atoms. The standard InChI is InChI=1S/C36H21N3S/c1-2-11-23-21-32-28(20-22(23)10-1)24-12-3-7-18-31(24)39(32)36-34(37-29-16-5-6-17-30(29)38-36)27-15-9-14-26-25-13-4-8-19-33(25)40-35(26)27/h1-21H. The molecular weight excluding hydrogens is 506 g/mol. The summed E-state index contributed by atoms with van der Waals surface area (Å²) in [5.74, 6) is 0.852. The average molecular weight is 528 g/mol. The van der Waals surface area contributed by atoms with Crippen molar-refractivity contribution in [1.82, 2.24) is 14.5 Å². The van der Waals surface area contributed by atoms with Crippen molar-refractivity contribution < 1.29 is 0 Å². The van der Waals surface area contributed by atoms with E-state index >= 15 is 0 Å². The minimum atomic E-state index is 0.852. The molecule has 0 saturated heterocycles. The van der Waals surface area contributed by atoms with Gasteiger partial charge in [-0.05, 0) is 47.2 Å². The molecule has 0 aliphatic heterocycles. The molecule has 3 nitrogen and oxygen atoms in total. The van der Waals surface area contributed by atoms with Gasteiger partial charge in [-0.25, -0.2) is 9.97 Å². The first-order valence-corrected chi connectivity index (χ1v) is 14.2. The summed E-state index contributed by atoms with van der Waals surface area (Å²) in [5.41, 5.74) is 6.05. The fourth-order valence-electron chi connectivity index (χ4n) is 6.14. The Labute approximate surface area is 233 Å². The number of hydrogen-bond donors (Lipinski definition) is 0. The zero-order chi connectivity index (χ0) is 26.2. The Kier molecular flexibility index (Phi) is 4.48. The Morgan fingerprint density at radius 2 is 1.18 bits per heavy atom. The van der Waals surface area contributed by atoms with Crippen molar-refractivity contribution in [1.29, 1.82) is 0 Å². The molecule has 4 heteroatoms.